The Labute approximate surface area is 167 Å². The van der Waals surface area contributed by atoms with Crippen LogP contribution in [0, 0.1) is 11.8 Å². The molecule has 0 amide bonds. The summed E-state index contributed by atoms with van der Waals surface area (Å²) in [6.45, 7) is 11.3. The summed E-state index contributed by atoms with van der Waals surface area (Å²) in [5.74, 6) is 1.38. The average molecular weight is 391 g/mol. The van der Waals surface area contributed by atoms with E-state index in [1.807, 2.05) is 45.0 Å². The quantitative estimate of drug-likeness (QED) is 0.515. The van der Waals surface area contributed by atoms with Crippen LogP contribution in [0.4, 0.5) is 0 Å². The summed E-state index contributed by atoms with van der Waals surface area (Å²) < 4.78 is 11.2. The smallest absolute Gasteiger partial charge is 0.338 e. The summed E-state index contributed by atoms with van der Waals surface area (Å²) in [6, 6.07) is 7.42. The Morgan fingerprint density at radius 2 is 1.81 bits per heavy atom. The van der Waals surface area contributed by atoms with E-state index >= 15 is 0 Å². The van der Waals surface area contributed by atoms with Crippen LogP contribution in [0.25, 0.3) is 0 Å². The van der Waals surface area contributed by atoms with E-state index in [1.54, 1.807) is 0 Å². The maximum Gasteiger partial charge on any atom is 0.338 e. The molecular weight excluding hydrogens is 360 g/mol. The zero-order chi connectivity index (χ0) is 20.0. The number of benzene rings is 1. The Morgan fingerprint density at radius 1 is 1.15 bits per heavy atom. The van der Waals surface area contributed by atoms with Crippen LogP contribution in [0.5, 0.6) is 5.75 Å². The van der Waals surface area contributed by atoms with Crippen LogP contribution in [-0.2, 0) is 9.53 Å². The van der Waals surface area contributed by atoms with Gasteiger partial charge < -0.3 is 20.1 Å². The highest BCUT2D eigenvalue weighted by molar-refractivity contribution is 7.80. The van der Waals surface area contributed by atoms with Crippen LogP contribution in [0.15, 0.2) is 35.5 Å². The lowest BCUT2D eigenvalue weighted by molar-refractivity contribution is -0.140. The minimum atomic E-state index is -0.344. The molecule has 1 aliphatic rings. The van der Waals surface area contributed by atoms with Gasteiger partial charge in [0.2, 0.25) is 0 Å². The second kappa shape index (κ2) is 9.74. The number of allylic oxidation sites excluding steroid dienone is 1. The highest BCUT2D eigenvalue weighted by atomic mass is 32.1. The molecule has 0 bridgehead atoms. The Morgan fingerprint density at radius 3 is 2.41 bits per heavy atom. The number of rotatable bonds is 8. The van der Waals surface area contributed by atoms with Crippen molar-refractivity contribution in [2.75, 3.05) is 13.2 Å². The van der Waals surface area contributed by atoms with Crippen LogP contribution < -0.4 is 15.4 Å². The maximum absolute atomic E-state index is 12.6. The number of hydrogen-bond donors (Lipinski definition) is 2. The fourth-order valence-corrected chi connectivity index (χ4v) is 2.97. The SMILES string of the molecule is CC1=C(C(=O)OCC(C)C)C(c2ccc(OCCC(C)C)cc2)NC(=S)N1. The molecule has 1 aromatic rings. The standard InChI is InChI=1S/C21H30N2O3S/c1-13(2)10-11-25-17-8-6-16(7-9-17)19-18(15(5)22-21(27)23-19)20(24)26-12-14(3)4/h6-9,13-14,19H,10-12H2,1-5H3,(H2,22,23,27). The minimum absolute atomic E-state index is 0.279. The number of thiocarbonyl (C=S) groups is 1. The van der Waals surface area contributed by atoms with Crippen LogP contribution >= 0.6 is 12.2 Å². The van der Waals surface area contributed by atoms with Gasteiger partial charge in [0.15, 0.2) is 5.11 Å². The van der Waals surface area contributed by atoms with Gasteiger partial charge in [0.05, 0.1) is 24.8 Å². The van der Waals surface area contributed by atoms with E-state index in [2.05, 4.69) is 24.5 Å². The summed E-state index contributed by atoms with van der Waals surface area (Å²) in [6.07, 6.45) is 1.01. The first-order chi connectivity index (χ1) is 12.8. The summed E-state index contributed by atoms with van der Waals surface area (Å²) in [5.41, 5.74) is 2.21. The largest absolute Gasteiger partial charge is 0.494 e. The summed E-state index contributed by atoms with van der Waals surface area (Å²) in [7, 11) is 0. The first kappa shape index (κ1) is 21.2. The molecule has 0 spiro atoms. The van der Waals surface area contributed by atoms with Gasteiger partial charge in [-0.3, -0.25) is 0 Å². The number of ether oxygens (including phenoxy) is 2. The maximum atomic E-state index is 12.6. The first-order valence-corrected chi connectivity index (χ1v) is 9.87. The Hall–Kier alpha value is -2.08. The van der Waals surface area contributed by atoms with Crippen molar-refractivity contribution in [1.29, 1.82) is 0 Å². The fraction of sp³-hybridized carbons (Fsp3) is 0.524. The van der Waals surface area contributed by atoms with Gasteiger partial charge in [-0.2, -0.15) is 0 Å². The molecule has 0 aromatic heterocycles. The fourth-order valence-electron chi connectivity index (χ4n) is 2.70. The van der Waals surface area contributed by atoms with Gasteiger partial charge in [-0.25, -0.2) is 4.79 Å². The molecule has 2 N–H and O–H groups in total. The van der Waals surface area contributed by atoms with E-state index in [1.165, 1.54) is 0 Å². The zero-order valence-corrected chi connectivity index (χ0v) is 17.6. The molecule has 0 saturated carbocycles. The summed E-state index contributed by atoms with van der Waals surface area (Å²) in [4.78, 5) is 12.6. The van der Waals surface area contributed by atoms with Crippen molar-refractivity contribution in [3.8, 4) is 5.75 Å². The van der Waals surface area contributed by atoms with Crippen molar-refractivity contribution < 1.29 is 14.3 Å². The van der Waals surface area contributed by atoms with Gasteiger partial charge in [-0.15, -0.1) is 0 Å². The molecule has 1 unspecified atom stereocenters. The Bertz CT molecular complexity index is 696. The van der Waals surface area contributed by atoms with Crippen LogP contribution in [-0.4, -0.2) is 24.3 Å². The van der Waals surface area contributed by atoms with Gasteiger partial charge in [0.25, 0.3) is 0 Å². The number of carbonyl (C=O) groups excluding carboxylic acids is 1. The minimum Gasteiger partial charge on any atom is -0.494 e. The van der Waals surface area contributed by atoms with E-state index in [0.29, 0.717) is 29.8 Å². The molecule has 5 nitrogen and oxygen atoms in total. The molecule has 27 heavy (non-hydrogen) atoms. The monoisotopic (exact) mass is 390 g/mol. The lowest BCUT2D eigenvalue weighted by Crippen LogP contribution is -2.45. The van der Waals surface area contributed by atoms with Crippen molar-refractivity contribution in [3.63, 3.8) is 0 Å². The highest BCUT2D eigenvalue weighted by Gasteiger charge is 2.31. The lowest BCUT2D eigenvalue weighted by atomic mass is 9.95. The van der Waals surface area contributed by atoms with Crippen molar-refractivity contribution in [2.24, 2.45) is 11.8 Å². The molecule has 0 aliphatic carbocycles. The normalized spacial score (nSPS) is 17.0. The Kier molecular flexibility index (Phi) is 7.66. The summed E-state index contributed by atoms with van der Waals surface area (Å²) in [5, 5.41) is 6.70. The molecule has 0 radical (unpaired) electrons. The third-order valence-electron chi connectivity index (χ3n) is 4.21. The predicted octanol–water partition coefficient (Wildman–Crippen LogP) is 4.10. The van der Waals surface area contributed by atoms with E-state index in [-0.39, 0.29) is 17.9 Å². The number of carbonyl (C=O) groups is 1. The molecule has 1 aliphatic heterocycles. The van der Waals surface area contributed by atoms with Crippen molar-refractivity contribution in [3.05, 3.63) is 41.1 Å². The third-order valence-corrected chi connectivity index (χ3v) is 4.43. The molecule has 2 rings (SSSR count). The van der Waals surface area contributed by atoms with Crippen LogP contribution in [0.2, 0.25) is 0 Å². The molecule has 1 aromatic carbocycles. The first-order valence-electron chi connectivity index (χ1n) is 9.46. The van der Waals surface area contributed by atoms with Gasteiger partial charge in [-0.05, 0) is 55.1 Å². The van der Waals surface area contributed by atoms with Crippen molar-refractivity contribution in [1.82, 2.24) is 10.6 Å². The molecule has 1 atom stereocenters. The number of esters is 1. The van der Waals surface area contributed by atoms with Gasteiger partial charge in [0, 0.05) is 5.70 Å². The lowest BCUT2D eigenvalue weighted by Gasteiger charge is -2.30. The number of nitrogens with one attached hydrogen (secondary N) is 2. The third kappa shape index (κ3) is 6.24. The van der Waals surface area contributed by atoms with E-state index in [4.69, 9.17) is 21.7 Å². The van der Waals surface area contributed by atoms with Crippen molar-refractivity contribution in [2.45, 2.75) is 47.1 Å². The molecule has 6 heteroatoms. The second-order valence-electron chi connectivity index (χ2n) is 7.66. The topological polar surface area (TPSA) is 59.6 Å². The van der Waals surface area contributed by atoms with E-state index in [9.17, 15) is 4.79 Å². The summed E-state index contributed by atoms with van der Waals surface area (Å²) >= 11 is 5.28. The molecular formula is C21H30N2O3S. The van der Waals surface area contributed by atoms with Crippen LogP contribution in [0.3, 0.4) is 0 Å². The zero-order valence-electron chi connectivity index (χ0n) is 16.8. The average Bonchev–Trinajstić information content (AvgIpc) is 2.59. The Balaban J connectivity index is 2.16. The molecule has 0 fully saturated rings. The van der Waals surface area contributed by atoms with Gasteiger partial charge in [-0.1, -0.05) is 39.8 Å². The molecule has 148 valence electrons. The molecule has 1 heterocycles. The van der Waals surface area contributed by atoms with E-state index in [0.717, 1.165) is 23.4 Å². The van der Waals surface area contributed by atoms with Crippen molar-refractivity contribution >= 4 is 23.3 Å². The highest BCUT2D eigenvalue weighted by Crippen LogP contribution is 2.29. The second-order valence-corrected chi connectivity index (χ2v) is 8.07. The van der Waals surface area contributed by atoms with E-state index < -0.39 is 0 Å². The number of hydrogen-bond acceptors (Lipinski definition) is 4. The van der Waals surface area contributed by atoms with Crippen LogP contribution in [0.1, 0.15) is 52.6 Å². The predicted molar refractivity (Wildman–Crippen MR) is 111 cm³/mol. The van der Waals surface area contributed by atoms with Gasteiger partial charge in [0.1, 0.15) is 5.75 Å². The van der Waals surface area contributed by atoms with Gasteiger partial charge >= 0.3 is 5.97 Å². The molecule has 0 saturated heterocycles.